The van der Waals surface area contributed by atoms with E-state index in [9.17, 15) is 9.18 Å². The van der Waals surface area contributed by atoms with Gasteiger partial charge in [0.2, 0.25) is 5.91 Å². The minimum absolute atomic E-state index is 0.0450. The Balaban J connectivity index is 1.51. The fourth-order valence-electron chi connectivity index (χ4n) is 5.42. The highest BCUT2D eigenvalue weighted by Crippen LogP contribution is 2.40. The molecule has 1 aliphatic heterocycles. The van der Waals surface area contributed by atoms with Gasteiger partial charge in [0.1, 0.15) is 17.7 Å². The van der Waals surface area contributed by atoms with Crippen molar-refractivity contribution in [1.29, 1.82) is 0 Å². The minimum Gasteiger partial charge on any atom is -0.489 e. The van der Waals surface area contributed by atoms with Crippen LogP contribution in [0.1, 0.15) is 56.7 Å². The summed E-state index contributed by atoms with van der Waals surface area (Å²) < 4.78 is 20.1. The van der Waals surface area contributed by atoms with Crippen LogP contribution in [0.2, 0.25) is 0 Å². The SMILES string of the molecule is CCc1cc(O[C@H]2CCN(C(C)(C)CCC(C(N)=O)(c3ccccc3)c3ccccc3)C2)ccc1F. The molecule has 5 heteroatoms. The number of aryl methyl sites for hydroxylation is 1. The van der Waals surface area contributed by atoms with Crippen molar-refractivity contribution in [2.24, 2.45) is 5.73 Å². The number of ether oxygens (including phenoxy) is 1. The molecule has 2 N–H and O–H groups in total. The first-order chi connectivity index (χ1) is 17.3. The van der Waals surface area contributed by atoms with Gasteiger partial charge in [-0.15, -0.1) is 0 Å². The fraction of sp³-hybridized carbons (Fsp3) is 0.387. The molecule has 1 fully saturated rings. The molecule has 4 nitrogen and oxygen atoms in total. The fourth-order valence-corrected chi connectivity index (χ4v) is 5.42. The molecule has 1 amide bonds. The summed E-state index contributed by atoms with van der Waals surface area (Å²) in [6.45, 7) is 8.08. The average molecular weight is 489 g/mol. The third-order valence-corrected chi connectivity index (χ3v) is 7.77. The van der Waals surface area contributed by atoms with Gasteiger partial charge in [0.15, 0.2) is 0 Å². The van der Waals surface area contributed by atoms with Crippen LogP contribution >= 0.6 is 0 Å². The van der Waals surface area contributed by atoms with Crippen LogP contribution in [0.4, 0.5) is 4.39 Å². The van der Waals surface area contributed by atoms with E-state index < -0.39 is 5.41 Å². The standard InChI is InChI=1S/C31H37FN2O2/c1-4-23-21-26(15-16-28(23)32)36-27-17-20-34(22-27)30(2,3)18-19-31(29(33)35,24-11-7-5-8-12-24)25-13-9-6-10-14-25/h5-16,21,27H,4,17-20,22H2,1-3H3,(H2,33,35)/t27-/m0/s1. The van der Waals surface area contributed by atoms with Crippen molar-refractivity contribution in [3.63, 3.8) is 0 Å². The van der Waals surface area contributed by atoms with Crippen LogP contribution in [0.5, 0.6) is 5.75 Å². The second kappa shape index (κ2) is 10.8. The number of carbonyl (C=O) groups excluding carboxylic acids is 1. The molecule has 4 rings (SSSR count). The average Bonchev–Trinajstić information content (AvgIpc) is 3.36. The number of primary amides is 1. The number of nitrogens with zero attached hydrogens (tertiary/aromatic N) is 1. The summed E-state index contributed by atoms with van der Waals surface area (Å²) in [5.74, 6) is 0.203. The summed E-state index contributed by atoms with van der Waals surface area (Å²) >= 11 is 0. The topological polar surface area (TPSA) is 55.6 Å². The molecule has 1 aliphatic rings. The molecule has 190 valence electrons. The summed E-state index contributed by atoms with van der Waals surface area (Å²) in [4.78, 5) is 15.6. The van der Waals surface area contributed by atoms with E-state index in [1.807, 2.05) is 73.7 Å². The van der Waals surface area contributed by atoms with Crippen molar-refractivity contribution >= 4 is 5.91 Å². The Bertz CT molecular complexity index is 1120. The Labute approximate surface area is 214 Å². The Kier molecular flexibility index (Phi) is 7.79. The second-order valence-corrected chi connectivity index (χ2v) is 10.4. The molecule has 0 spiro atoms. The zero-order chi connectivity index (χ0) is 25.8. The Hall–Kier alpha value is -3.18. The van der Waals surface area contributed by atoms with Crippen molar-refractivity contribution in [3.05, 3.63) is 101 Å². The van der Waals surface area contributed by atoms with Gasteiger partial charge in [0.05, 0.1) is 5.41 Å². The number of benzene rings is 3. The predicted molar refractivity (Wildman–Crippen MR) is 143 cm³/mol. The Morgan fingerprint density at radius 3 is 2.17 bits per heavy atom. The van der Waals surface area contributed by atoms with Crippen molar-refractivity contribution in [2.45, 2.75) is 63.5 Å². The smallest absolute Gasteiger partial charge is 0.232 e. The maximum atomic E-state index is 13.9. The highest BCUT2D eigenvalue weighted by molar-refractivity contribution is 5.90. The van der Waals surface area contributed by atoms with Crippen LogP contribution in [0.25, 0.3) is 0 Å². The largest absolute Gasteiger partial charge is 0.489 e. The van der Waals surface area contributed by atoms with Crippen molar-refractivity contribution in [2.75, 3.05) is 13.1 Å². The van der Waals surface area contributed by atoms with Crippen molar-refractivity contribution < 1.29 is 13.9 Å². The monoisotopic (exact) mass is 488 g/mol. The van der Waals surface area contributed by atoms with E-state index in [1.54, 1.807) is 6.07 Å². The number of hydrogen-bond acceptors (Lipinski definition) is 3. The van der Waals surface area contributed by atoms with Gasteiger partial charge in [-0.25, -0.2) is 4.39 Å². The lowest BCUT2D eigenvalue weighted by Crippen LogP contribution is -2.47. The molecule has 0 saturated carbocycles. The van der Waals surface area contributed by atoms with E-state index in [-0.39, 0.29) is 23.4 Å². The van der Waals surface area contributed by atoms with E-state index in [1.165, 1.54) is 6.07 Å². The maximum Gasteiger partial charge on any atom is 0.232 e. The van der Waals surface area contributed by atoms with Crippen LogP contribution in [-0.4, -0.2) is 35.5 Å². The van der Waals surface area contributed by atoms with Crippen LogP contribution in [0.15, 0.2) is 78.9 Å². The zero-order valence-electron chi connectivity index (χ0n) is 21.5. The molecule has 3 aromatic carbocycles. The van der Waals surface area contributed by atoms with Gasteiger partial charge < -0.3 is 10.5 Å². The van der Waals surface area contributed by atoms with Crippen molar-refractivity contribution in [3.8, 4) is 5.75 Å². The van der Waals surface area contributed by atoms with Gasteiger partial charge in [-0.05, 0) is 74.4 Å². The number of carbonyl (C=O) groups is 1. The van der Waals surface area contributed by atoms with Crippen molar-refractivity contribution in [1.82, 2.24) is 4.90 Å². The second-order valence-electron chi connectivity index (χ2n) is 10.4. The van der Waals surface area contributed by atoms with Gasteiger partial charge in [-0.2, -0.15) is 0 Å². The Morgan fingerprint density at radius 2 is 1.61 bits per heavy atom. The molecule has 36 heavy (non-hydrogen) atoms. The zero-order valence-corrected chi connectivity index (χ0v) is 21.5. The van der Waals surface area contributed by atoms with Crippen LogP contribution in [-0.2, 0) is 16.6 Å². The highest BCUT2D eigenvalue weighted by Gasteiger charge is 2.43. The summed E-state index contributed by atoms with van der Waals surface area (Å²) in [7, 11) is 0. The van der Waals surface area contributed by atoms with Gasteiger partial charge in [0.25, 0.3) is 0 Å². The highest BCUT2D eigenvalue weighted by atomic mass is 19.1. The van der Waals surface area contributed by atoms with Crippen LogP contribution < -0.4 is 10.5 Å². The molecule has 3 aromatic rings. The molecule has 0 bridgehead atoms. The van der Waals surface area contributed by atoms with E-state index in [4.69, 9.17) is 10.5 Å². The number of rotatable bonds is 10. The summed E-state index contributed by atoms with van der Waals surface area (Å²) in [6, 6.07) is 24.8. The lowest BCUT2D eigenvalue weighted by molar-refractivity contribution is -0.122. The van der Waals surface area contributed by atoms with Gasteiger partial charge in [-0.1, -0.05) is 67.6 Å². The number of hydrogen-bond donors (Lipinski definition) is 1. The summed E-state index contributed by atoms with van der Waals surface area (Å²) in [6.07, 6.45) is 2.97. The number of nitrogens with two attached hydrogens (primary N) is 1. The first-order valence-corrected chi connectivity index (χ1v) is 12.9. The Morgan fingerprint density at radius 1 is 1.00 bits per heavy atom. The first-order valence-electron chi connectivity index (χ1n) is 12.9. The number of halogens is 1. The molecule has 1 saturated heterocycles. The predicted octanol–water partition coefficient (Wildman–Crippen LogP) is 5.87. The molecular weight excluding hydrogens is 451 g/mol. The summed E-state index contributed by atoms with van der Waals surface area (Å²) in [5.41, 5.74) is 7.61. The van der Waals surface area contributed by atoms with E-state index >= 15 is 0 Å². The molecule has 0 aromatic heterocycles. The minimum atomic E-state index is -0.903. The van der Waals surface area contributed by atoms with Gasteiger partial charge >= 0.3 is 0 Å². The van der Waals surface area contributed by atoms with Gasteiger partial charge in [-0.3, -0.25) is 9.69 Å². The van der Waals surface area contributed by atoms with Gasteiger partial charge in [0, 0.05) is 18.6 Å². The molecular formula is C31H37FN2O2. The molecule has 0 aliphatic carbocycles. The van der Waals surface area contributed by atoms with E-state index in [0.717, 1.165) is 42.8 Å². The molecule has 0 unspecified atom stereocenters. The first kappa shape index (κ1) is 25.9. The quantitative estimate of drug-likeness (QED) is 0.388. The van der Waals surface area contributed by atoms with Crippen LogP contribution in [0.3, 0.4) is 0 Å². The number of likely N-dealkylation sites (tertiary alicyclic amines) is 1. The summed E-state index contributed by atoms with van der Waals surface area (Å²) in [5, 5.41) is 0. The lowest BCUT2D eigenvalue weighted by atomic mass is 9.69. The molecule has 1 heterocycles. The van der Waals surface area contributed by atoms with Crippen LogP contribution in [0, 0.1) is 5.82 Å². The molecule has 1 atom stereocenters. The third-order valence-electron chi connectivity index (χ3n) is 7.77. The van der Waals surface area contributed by atoms with E-state index in [2.05, 4.69) is 18.7 Å². The molecule has 0 radical (unpaired) electrons. The van der Waals surface area contributed by atoms with E-state index in [0.29, 0.717) is 18.4 Å². The normalized spacial score (nSPS) is 16.7. The maximum absolute atomic E-state index is 13.9. The lowest BCUT2D eigenvalue weighted by Gasteiger charge is -2.40. The third kappa shape index (κ3) is 5.31. The number of amides is 1.